The number of nitrogens with one attached hydrogen (secondary N) is 4. The van der Waals surface area contributed by atoms with Gasteiger partial charge >= 0.3 is 0 Å². The van der Waals surface area contributed by atoms with Gasteiger partial charge in [0.2, 0.25) is 0 Å². The van der Waals surface area contributed by atoms with E-state index >= 15 is 0 Å². The van der Waals surface area contributed by atoms with Crippen molar-refractivity contribution in [2.45, 2.75) is 32.1 Å². The van der Waals surface area contributed by atoms with E-state index in [0.29, 0.717) is 35.6 Å². The summed E-state index contributed by atoms with van der Waals surface area (Å²) in [6.45, 7) is 4.35. The van der Waals surface area contributed by atoms with Crippen molar-refractivity contribution in [2.24, 2.45) is 9.98 Å². The van der Waals surface area contributed by atoms with Crippen molar-refractivity contribution in [3.63, 3.8) is 0 Å². The zero-order valence-corrected chi connectivity index (χ0v) is 23.9. The van der Waals surface area contributed by atoms with Crippen LogP contribution in [0.25, 0.3) is 0 Å². The first-order valence-electron chi connectivity index (χ1n) is 14.1. The topological polar surface area (TPSA) is 127 Å². The molecule has 0 saturated heterocycles. The first-order chi connectivity index (χ1) is 20.9. The van der Waals surface area contributed by atoms with Crippen LogP contribution in [0, 0.1) is 0 Å². The van der Waals surface area contributed by atoms with Crippen LogP contribution in [0.1, 0.15) is 57.6 Å². The standard InChI is InChI=1S/C34H31N7O2/c1-34(2)30-16-14-22(37-30)18-20-35-24-8-3-5-10-26(24)40-32(42)28-12-7-13-29(39-28)33(43)41-27-11-6-4-9-25(27)36-21-19-23-15-17-31(34)38-23/h3-17,20-21,37-38H,18-19H2,1-2H3,(H,40,42)(H,41,43). The normalized spacial score (nSPS) is 15.0. The number of benzene rings is 2. The van der Waals surface area contributed by atoms with Gasteiger partial charge in [0, 0.05) is 53.5 Å². The summed E-state index contributed by atoms with van der Waals surface area (Å²) >= 11 is 0. The number of carbonyl (C=O) groups excluding carboxylic acids is 2. The van der Waals surface area contributed by atoms with E-state index in [0.717, 1.165) is 22.8 Å². The molecule has 1 aliphatic rings. The molecule has 214 valence electrons. The minimum absolute atomic E-state index is 0.110. The fourth-order valence-corrected chi connectivity index (χ4v) is 4.92. The smallest absolute Gasteiger partial charge is 0.274 e. The summed E-state index contributed by atoms with van der Waals surface area (Å²) in [6.07, 6.45) is 4.81. The molecule has 0 aliphatic carbocycles. The molecule has 43 heavy (non-hydrogen) atoms. The maximum absolute atomic E-state index is 13.2. The highest BCUT2D eigenvalue weighted by Crippen LogP contribution is 2.31. The molecule has 4 heterocycles. The van der Waals surface area contributed by atoms with Gasteiger partial charge in [0.25, 0.3) is 11.8 Å². The van der Waals surface area contributed by atoms with Crippen molar-refractivity contribution >= 4 is 47.0 Å². The molecule has 2 amide bonds. The molecule has 6 bridgehead atoms. The summed E-state index contributed by atoms with van der Waals surface area (Å²) in [5, 5.41) is 5.77. The van der Waals surface area contributed by atoms with Crippen molar-refractivity contribution in [3.8, 4) is 0 Å². The lowest BCUT2D eigenvalue weighted by atomic mass is 9.86. The monoisotopic (exact) mass is 569 g/mol. The SMILES string of the molecule is CC1(C)c2ccc([nH]2)CC=Nc2ccccc2NC(=O)c2cccc(n2)C(=O)Nc2ccccc2N=CCc2ccc1[nH]2. The Balaban J connectivity index is 1.36. The van der Waals surface area contributed by atoms with E-state index < -0.39 is 11.8 Å². The number of hydrogen-bond acceptors (Lipinski definition) is 5. The molecule has 5 aromatic rings. The van der Waals surface area contributed by atoms with Gasteiger partial charge in [-0.3, -0.25) is 19.6 Å². The number of aromatic amines is 2. The summed E-state index contributed by atoms with van der Waals surface area (Å²) in [7, 11) is 0. The largest absolute Gasteiger partial charge is 0.361 e. The van der Waals surface area contributed by atoms with Crippen LogP contribution in [-0.4, -0.2) is 39.2 Å². The first-order valence-corrected chi connectivity index (χ1v) is 14.1. The zero-order valence-electron chi connectivity index (χ0n) is 23.9. The summed E-state index contributed by atoms with van der Waals surface area (Å²) in [5.74, 6) is -0.889. The third-order valence-corrected chi connectivity index (χ3v) is 7.44. The van der Waals surface area contributed by atoms with E-state index in [1.807, 2.05) is 48.8 Å². The zero-order chi connectivity index (χ0) is 29.8. The molecular formula is C34H31N7O2. The molecule has 9 nitrogen and oxygen atoms in total. The van der Waals surface area contributed by atoms with Crippen LogP contribution >= 0.6 is 0 Å². The van der Waals surface area contributed by atoms with Crippen LogP contribution in [0.15, 0.2) is 101 Å². The number of nitrogens with zero attached hydrogens (tertiary/aromatic N) is 3. The molecule has 0 atom stereocenters. The number of anilines is 2. The Bertz CT molecular complexity index is 1730. The number of para-hydroxylation sites is 4. The lowest BCUT2D eigenvalue weighted by Crippen LogP contribution is -2.20. The van der Waals surface area contributed by atoms with Crippen molar-refractivity contribution in [1.29, 1.82) is 0 Å². The number of aliphatic imine (C=N–C) groups is 2. The Labute approximate surface area is 249 Å². The number of fused-ring (bicyclic) bond motifs is 8. The number of hydrogen-bond donors (Lipinski definition) is 4. The summed E-state index contributed by atoms with van der Waals surface area (Å²) < 4.78 is 0. The van der Waals surface area contributed by atoms with Gasteiger partial charge in [0.15, 0.2) is 0 Å². The van der Waals surface area contributed by atoms with Crippen molar-refractivity contribution < 1.29 is 9.59 Å². The molecule has 9 heteroatoms. The van der Waals surface area contributed by atoms with E-state index in [-0.39, 0.29) is 16.8 Å². The third-order valence-electron chi connectivity index (χ3n) is 7.44. The van der Waals surface area contributed by atoms with E-state index in [4.69, 9.17) is 0 Å². The van der Waals surface area contributed by atoms with Crippen molar-refractivity contribution in [1.82, 2.24) is 15.0 Å². The number of aromatic nitrogens is 3. The molecule has 6 rings (SSSR count). The minimum Gasteiger partial charge on any atom is -0.361 e. The number of rotatable bonds is 0. The average molecular weight is 570 g/mol. The number of amides is 2. The first kappa shape index (κ1) is 27.6. The van der Waals surface area contributed by atoms with E-state index in [1.165, 1.54) is 0 Å². The molecule has 0 fully saturated rings. The maximum Gasteiger partial charge on any atom is 0.274 e. The quantitative estimate of drug-likeness (QED) is 0.164. The number of carbonyl (C=O) groups is 2. The minimum atomic E-state index is -0.445. The van der Waals surface area contributed by atoms with Gasteiger partial charge < -0.3 is 20.6 Å². The molecule has 1 aliphatic heterocycles. The van der Waals surface area contributed by atoms with Crippen LogP contribution in [0.4, 0.5) is 22.7 Å². The molecule has 2 aromatic carbocycles. The Morgan fingerprint density at radius 2 is 1.05 bits per heavy atom. The summed E-state index contributed by atoms with van der Waals surface area (Å²) in [6, 6.07) is 27.7. The molecule has 0 spiro atoms. The van der Waals surface area contributed by atoms with Crippen molar-refractivity contribution in [3.05, 3.63) is 125 Å². The maximum atomic E-state index is 13.2. The Hall–Kier alpha value is -5.57. The lowest BCUT2D eigenvalue weighted by Gasteiger charge is -2.22. The highest BCUT2D eigenvalue weighted by molar-refractivity contribution is 6.07. The third kappa shape index (κ3) is 6.06. The fourth-order valence-electron chi connectivity index (χ4n) is 4.92. The Morgan fingerprint density at radius 1 is 0.581 bits per heavy atom. The van der Waals surface area contributed by atoms with Crippen LogP contribution < -0.4 is 10.6 Å². The van der Waals surface area contributed by atoms with Gasteiger partial charge in [-0.25, -0.2) is 4.98 Å². The molecule has 4 N–H and O–H groups in total. The van der Waals surface area contributed by atoms with Crippen LogP contribution in [0.5, 0.6) is 0 Å². The molecule has 3 aromatic heterocycles. The van der Waals surface area contributed by atoms with Crippen LogP contribution in [0.3, 0.4) is 0 Å². The van der Waals surface area contributed by atoms with Gasteiger partial charge in [-0.1, -0.05) is 30.3 Å². The molecule has 0 radical (unpaired) electrons. The number of pyridine rings is 1. The van der Waals surface area contributed by atoms with Crippen LogP contribution in [-0.2, 0) is 18.3 Å². The highest BCUT2D eigenvalue weighted by Gasteiger charge is 2.26. The van der Waals surface area contributed by atoms with Gasteiger partial charge in [-0.05, 0) is 74.5 Å². The molecular weight excluding hydrogens is 538 g/mol. The molecule has 0 saturated carbocycles. The summed E-state index contributed by atoms with van der Waals surface area (Å²) in [4.78, 5) is 47.0. The fraction of sp³-hybridized carbons (Fsp3) is 0.147. The van der Waals surface area contributed by atoms with Gasteiger partial charge in [-0.2, -0.15) is 0 Å². The Kier molecular flexibility index (Phi) is 7.53. The second kappa shape index (κ2) is 11.7. The second-order valence-corrected chi connectivity index (χ2v) is 10.8. The van der Waals surface area contributed by atoms with Gasteiger partial charge in [0.1, 0.15) is 11.4 Å². The summed E-state index contributed by atoms with van der Waals surface area (Å²) in [5.41, 5.74) is 6.46. The van der Waals surface area contributed by atoms with Crippen molar-refractivity contribution in [2.75, 3.05) is 10.6 Å². The number of H-pyrrole nitrogens is 2. The average Bonchev–Trinajstić information content (AvgIpc) is 3.70. The van der Waals surface area contributed by atoms with E-state index in [9.17, 15) is 9.59 Å². The lowest BCUT2D eigenvalue weighted by molar-refractivity contribution is 0.101. The molecule has 0 unspecified atom stereocenters. The Morgan fingerprint density at radius 3 is 1.53 bits per heavy atom. The van der Waals surface area contributed by atoms with Gasteiger partial charge in [0.05, 0.1) is 22.7 Å². The van der Waals surface area contributed by atoms with Crippen LogP contribution in [0.2, 0.25) is 0 Å². The van der Waals surface area contributed by atoms with E-state index in [2.05, 4.69) is 73.7 Å². The second-order valence-electron chi connectivity index (χ2n) is 10.8. The van der Waals surface area contributed by atoms with E-state index in [1.54, 1.807) is 30.3 Å². The highest BCUT2D eigenvalue weighted by atomic mass is 16.2. The predicted octanol–water partition coefficient (Wildman–Crippen LogP) is 6.77. The predicted molar refractivity (Wildman–Crippen MR) is 170 cm³/mol. The van der Waals surface area contributed by atoms with Gasteiger partial charge in [-0.15, -0.1) is 0 Å².